The topological polar surface area (TPSA) is 25.8 Å². The van der Waals surface area contributed by atoms with E-state index in [1.165, 1.54) is 43.4 Å². The van der Waals surface area contributed by atoms with Crippen LogP contribution in [-0.4, -0.2) is 9.97 Å². The summed E-state index contributed by atoms with van der Waals surface area (Å²) in [4.78, 5) is 11.1. The third kappa shape index (κ3) is 3.89. The van der Waals surface area contributed by atoms with E-state index < -0.39 is 5.41 Å². The first-order chi connectivity index (χ1) is 22.3. The van der Waals surface area contributed by atoms with E-state index in [-0.39, 0.29) is 5.41 Å². The van der Waals surface area contributed by atoms with Gasteiger partial charge in [0.1, 0.15) is 0 Å². The van der Waals surface area contributed by atoms with Gasteiger partial charge >= 0.3 is 0 Å². The molecule has 220 valence electrons. The summed E-state index contributed by atoms with van der Waals surface area (Å²) in [6.45, 7) is 9.32. The van der Waals surface area contributed by atoms with Gasteiger partial charge in [0.15, 0.2) is 0 Å². The van der Waals surface area contributed by atoms with Gasteiger partial charge in [-0.25, -0.2) is 0 Å². The molecule has 0 aliphatic carbocycles. The monoisotopic (exact) mass is 590 g/mol. The normalized spacial score (nSPS) is 14.9. The van der Waals surface area contributed by atoms with Crippen LogP contribution in [0.1, 0.15) is 50.2 Å². The predicted molar refractivity (Wildman–Crippen MR) is 194 cm³/mol. The van der Waals surface area contributed by atoms with Crippen LogP contribution in [0.4, 0.5) is 0 Å². The molecule has 1 aliphatic heterocycles. The second kappa shape index (κ2) is 9.58. The summed E-state index contributed by atoms with van der Waals surface area (Å²) in [6.07, 6.45) is 0. The second-order valence-electron chi connectivity index (χ2n) is 13.9. The van der Waals surface area contributed by atoms with Crippen molar-refractivity contribution in [1.82, 2.24) is 9.97 Å². The highest BCUT2D eigenvalue weighted by Gasteiger charge is 2.33. The van der Waals surface area contributed by atoms with Gasteiger partial charge in [-0.2, -0.15) is 0 Å². The average molecular weight is 591 g/mol. The van der Waals surface area contributed by atoms with Crippen LogP contribution in [0.3, 0.4) is 0 Å². The van der Waals surface area contributed by atoms with Crippen LogP contribution >= 0.6 is 0 Å². The van der Waals surface area contributed by atoms with Crippen molar-refractivity contribution in [2.24, 2.45) is 0 Å². The zero-order valence-electron chi connectivity index (χ0n) is 26.6. The number of hydrogen-bond donors (Lipinski definition) is 0. The summed E-state index contributed by atoms with van der Waals surface area (Å²) in [5, 5.41) is 9.69. The van der Waals surface area contributed by atoms with Gasteiger partial charge in [-0.05, 0) is 93.7 Å². The number of hydrogen-bond acceptors (Lipinski definition) is 2. The Labute approximate surface area is 269 Å². The molecule has 9 rings (SSSR count). The summed E-state index contributed by atoms with van der Waals surface area (Å²) in [7, 11) is 0. The number of fused-ring (bicyclic) bond motifs is 18. The summed E-state index contributed by atoms with van der Waals surface area (Å²) < 4.78 is 0. The van der Waals surface area contributed by atoms with Crippen molar-refractivity contribution < 1.29 is 0 Å². The van der Waals surface area contributed by atoms with Gasteiger partial charge in [0.2, 0.25) is 0 Å². The molecule has 0 unspecified atom stereocenters. The molecule has 46 heavy (non-hydrogen) atoms. The van der Waals surface area contributed by atoms with E-state index in [4.69, 9.17) is 9.97 Å². The fraction of sp³-hybridized carbons (Fsp3) is 0.136. The number of rotatable bonds is 0. The number of benzene rings is 6. The minimum absolute atomic E-state index is 0.325. The molecule has 0 saturated carbocycles. The van der Waals surface area contributed by atoms with Crippen LogP contribution in [0.25, 0.3) is 65.6 Å². The Bertz CT molecular complexity index is 2180. The quantitative estimate of drug-likeness (QED) is 0.176. The summed E-state index contributed by atoms with van der Waals surface area (Å²) in [5.74, 6) is 0. The summed E-state index contributed by atoms with van der Waals surface area (Å²) in [5.41, 5.74) is 8.10. The van der Waals surface area contributed by atoms with E-state index in [0.717, 1.165) is 44.7 Å². The van der Waals surface area contributed by atoms with Crippen LogP contribution in [0.5, 0.6) is 0 Å². The van der Waals surface area contributed by atoms with Crippen LogP contribution in [0.2, 0.25) is 0 Å². The smallest absolute Gasteiger partial charge is 0.0712 e. The molecule has 2 nitrogen and oxygen atoms in total. The van der Waals surface area contributed by atoms with Gasteiger partial charge < -0.3 is 0 Å². The van der Waals surface area contributed by atoms with Crippen molar-refractivity contribution in [3.63, 3.8) is 0 Å². The van der Waals surface area contributed by atoms with E-state index >= 15 is 0 Å². The summed E-state index contributed by atoms with van der Waals surface area (Å²) >= 11 is 0. The first-order valence-corrected chi connectivity index (χ1v) is 16.2. The lowest BCUT2D eigenvalue weighted by atomic mass is 9.73. The highest BCUT2D eigenvalue weighted by atomic mass is 14.8. The second-order valence-corrected chi connectivity index (χ2v) is 13.9. The fourth-order valence-electron chi connectivity index (χ4n) is 7.85. The van der Waals surface area contributed by atoms with Crippen molar-refractivity contribution in [2.75, 3.05) is 0 Å². The fourth-order valence-corrected chi connectivity index (χ4v) is 7.85. The van der Waals surface area contributed by atoms with Gasteiger partial charge in [0.25, 0.3) is 0 Å². The van der Waals surface area contributed by atoms with E-state index in [9.17, 15) is 0 Å². The van der Waals surface area contributed by atoms with E-state index in [0.29, 0.717) is 0 Å². The highest BCUT2D eigenvalue weighted by Crippen LogP contribution is 2.45. The molecular weight excluding hydrogens is 556 g/mol. The Morgan fingerprint density at radius 2 is 0.717 bits per heavy atom. The molecule has 1 aliphatic rings. The molecule has 0 radical (unpaired) electrons. The predicted octanol–water partition coefficient (Wildman–Crippen LogP) is 11.4. The van der Waals surface area contributed by atoms with Crippen molar-refractivity contribution >= 4 is 43.1 Å². The van der Waals surface area contributed by atoms with Crippen molar-refractivity contribution in [2.45, 2.75) is 38.5 Å². The Morgan fingerprint density at radius 1 is 0.370 bits per heavy atom. The number of nitrogens with zero attached hydrogens (tertiary/aromatic N) is 2. The first kappa shape index (κ1) is 27.0. The van der Waals surface area contributed by atoms with Crippen LogP contribution < -0.4 is 0 Å². The molecular formula is C44H34N2. The Kier molecular flexibility index (Phi) is 5.63. The van der Waals surface area contributed by atoms with E-state index in [1.54, 1.807) is 0 Å². The maximum Gasteiger partial charge on any atom is 0.0712 e. The molecule has 2 heteroatoms. The Morgan fingerprint density at radius 3 is 1.13 bits per heavy atom. The van der Waals surface area contributed by atoms with Crippen molar-refractivity contribution in [1.29, 1.82) is 0 Å². The molecule has 0 spiro atoms. The molecule has 2 aromatic heterocycles. The lowest BCUT2D eigenvalue weighted by Crippen LogP contribution is -2.24. The van der Waals surface area contributed by atoms with Gasteiger partial charge in [-0.15, -0.1) is 0 Å². The molecule has 0 N–H and O–H groups in total. The summed E-state index contributed by atoms with van der Waals surface area (Å²) in [6, 6.07) is 48.9. The molecule has 0 fully saturated rings. The maximum absolute atomic E-state index is 5.57. The van der Waals surface area contributed by atoms with Crippen molar-refractivity contribution in [3.05, 3.63) is 156 Å². The zero-order chi connectivity index (χ0) is 31.2. The van der Waals surface area contributed by atoms with Crippen molar-refractivity contribution in [3.8, 4) is 22.5 Å². The third-order valence-corrected chi connectivity index (χ3v) is 10.3. The zero-order valence-corrected chi connectivity index (χ0v) is 26.6. The Balaban J connectivity index is 1.51. The number of pyridine rings is 2. The Hall–Kier alpha value is -5.34. The molecule has 6 aromatic carbocycles. The van der Waals surface area contributed by atoms with Gasteiger partial charge in [0.05, 0.1) is 28.2 Å². The first-order valence-electron chi connectivity index (χ1n) is 16.2. The molecule has 3 heterocycles. The lowest BCUT2D eigenvalue weighted by molar-refractivity contribution is 0.610. The third-order valence-electron chi connectivity index (χ3n) is 10.3. The van der Waals surface area contributed by atoms with E-state index in [1.807, 2.05) is 0 Å². The van der Waals surface area contributed by atoms with Crippen LogP contribution in [0.15, 0.2) is 133 Å². The SMILES string of the molecule is CC1(C)c2cc(cc3ccccc23)-c2cc3ccccc3c(n2)C(C)(C)c2nc(cc3ccccc23)-c2cc1c1ccccc1c2. The minimum atomic E-state index is -0.492. The minimum Gasteiger partial charge on any atom is -0.251 e. The molecule has 0 saturated heterocycles. The molecule has 0 atom stereocenters. The van der Waals surface area contributed by atoms with Gasteiger partial charge in [0, 0.05) is 27.3 Å². The lowest BCUT2D eigenvalue weighted by Gasteiger charge is -2.32. The maximum atomic E-state index is 5.57. The molecule has 8 aromatic rings. The van der Waals surface area contributed by atoms with Crippen LogP contribution in [-0.2, 0) is 10.8 Å². The van der Waals surface area contributed by atoms with Gasteiger partial charge in [-0.1, -0.05) is 111 Å². The molecule has 8 bridgehead atoms. The standard InChI is InChI=1S/C44H34N2/c1-43(2)37-23-31(21-27-13-5-9-17-33(27)37)39-25-29-15-7-11-19-35(29)41(45-39)44(3,4)42-36-20-12-8-16-30(36)26-40(46-42)32-22-28-14-6-10-18-34(28)38(43)24-32/h5-26H,1-4H3. The van der Waals surface area contributed by atoms with Gasteiger partial charge in [-0.3, -0.25) is 9.97 Å². The van der Waals surface area contributed by atoms with E-state index in [2.05, 4.69) is 161 Å². The average Bonchev–Trinajstić information content (AvgIpc) is 3.09. The largest absolute Gasteiger partial charge is 0.251 e. The molecule has 0 amide bonds. The number of aromatic nitrogens is 2. The highest BCUT2D eigenvalue weighted by molar-refractivity contribution is 5.98. The van der Waals surface area contributed by atoms with Crippen LogP contribution in [0, 0.1) is 0 Å².